The van der Waals surface area contributed by atoms with Crippen molar-refractivity contribution >= 4 is 12.2 Å². The van der Waals surface area contributed by atoms with Crippen LogP contribution in [0.5, 0.6) is 0 Å². The van der Waals surface area contributed by atoms with Crippen LogP contribution in [0.2, 0.25) is 0 Å². The fourth-order valence-electron chi connectivity index (χ4n) is 2.20. The molecule has 1 fully saturated rings. The van der Waals surface area contributed by atoms with Gasteiger partial charge in [0.15, 0.2) is 0 Å². The molecule has 19 heavy (non-hydrogen) atoms. The number of nitrogens with zero attached hydrogens (tertiary/aromatic N) is 1. The molecule has 1 aliphatic carbocycles. The van der Waals surface area contributed by atoms with Crippen LogP contribution in [0.3, 0.4) is 0 Å². The second-order valence-electron chi connectivity index (χ2n) is 4.70. The van der Waals surface area contributed by atoms with Crippen LogP contribution in [-0.2, 0) is 0 Å². The van der Waals surface area contributed by atoms with Crippen molar-refractivity contribution < 1.29 is 9.18 Å². The molecule has 102 valence electrons. The summed E-state index contributed by atoms with van der Waals surface area (Å²) in [4.78, 5) is 11.6. The highest BCUT2D eigenvalue weighted by molar-refractivity contribution is 5.82. The number of hydrogen-bond acceptors (Lipinski definition) is 2. The lowest BCUT2D eigenvalue weighted by Gasteiger charge is -2.22. The first-order chi connectivity index (χ1) is 9.25. The Labute approximate surface area is 112 Å². The van der Waals surface area contributed by atoms with Gasteiger partial charge in [-0.05, 0) is 18.9 Å². The first-order valence-corrected chi connectivity index (χ1v) is 6.60. The molecule has 1 aromatic rings. The number of rotatable bonds is 3. The zero-order chi connectivity index (χ0) is 13.5. The lowest BCUT2D eigenvalue weighted by molar-refractivity contribution is 0.233. The summed E-state index contributed by atoms with van der Waals surface area (Å²) in [7, 11) is 0. The zero-order valence-corrected chi connectivity index (χ0v) is 10.7. The average molecular weight is 263 g/mol. The van der Waals surface area contributed by atoms with E-state index in [9.17, 15) is 9.18 Å². The average Bonchev–Trinajstić information content (AvgIpc) is 2.42. The van der Waals surface area contributed by atoms with Crippen LogP contribution in [-0.4, -0.2) is 18.3 Å². The minimum atomic E-state index is -0.360. The Balaban J connectivity index is 1.78. The minimum Gasteiger partial charge on any atom is -0.334 e. The number of carbonyl (C=O) groups excluding carboxylic acids is 1. The van der Waals surface area contributed by atoms with Gasteiger partial charge in [0.2, 0.25) is 0 Å². The lowest BCUT2D eigenvalue weighted by atomic mass is 9.96. The molecule has 1 saturated carbocycles. The van der Waals surface area contributed by atoms with Crippen LogP contribution in [0.4, 0.5) is 9.18 Å². The molecule has 0 unspecified atom stereocenters. The molecule has 2 rings (SSSR count). The maximum Gasteiger partial charge on any atom is 0.335 e. The number of carbonyl (C=O) groups is 1. The second-order valence-corrected chi connectivity index (χ2v) is 4.70. The highest BCUT2D eigenvalue weighted by Gasteiger charge is 2.14. The summed E-state index contributed by atoms with van der Waals surface area (Å²) < 4.78 is 13.3. The third-order valence-electron chi connectivity index (χ3n) is 3.22. The topological polar surface area (TPSA) is 53.5 Å². The maximum atomic E-state index is 13.3. The molecule has 4 nitrogen and oxygen atoms in total. The molecule has 5 heteroatoms. The molecule has 0 aromatic heterocycles. The Morgan fingerprint density at radius 2 is 2.00 bits per heavy atom. The largest absolute Gasteiger partial charge is 0.335 e. The summed E-state index contributed by atoms with van der Waals surface area (Å²) in [6.45, 7) is 0. The Morgan fingerprint density at radius 1 is 1.26 bits per heavy atom. The molecule has 0 spiro atoms. The summed E-state index contributed by atoms with van der Waals surface area (Å²) in [5.41, 5.74) is 2.71. The Hall–Kier alpha value is -1.91. The summed E-state index contributed by atoms with van der Waals surface area (Å²) >= 11 is 0. The highest BCUT2D eigenvalue weighted by atomic mass is 19.1. The molecule has 2 amide bonds. The number of amides is 2. The van der Waals surface area contributed by atoms with E-state index in [4.69, 9.17) is 0 Å². The van der Waals surface area contributed by atoms with Crippen LogP contribution >= 0.6 is 0 Å². The fourth-order valence-corrected chi connectivity index (χ4v) is 2.20. The third-order valence-corrected chi connectivity index (χ3v) is 3.22. The Morgan fingerprint density at radius 3 is 2.74 bits per heavy atom. The molecule has 0 heterocycles. The first-order valence-electron chi connectivity index (χ1n) is 6.60. The molecule has 1 aromatic carbocycles. The molecular weight excluding hydrogens is 245 g/mol. The summed E-state index contributed by atoms with van der Waals surface area (Å²) in [6, 6.07) is 6.17. The van der Waals surface area contributed by atoms with E-state index in [-0.39, 0.29) is 17.9 Å². The zero-order valence-electron chi connectivity index (χ0n) is 10.7. The van der Waals surface area contributed by atoms with E-state index in [2.05, 4.69) is 15.8 Å². The van der Waals surface area contributed by atoms with E-state index in [1.807, 2.05) is 0 Å². The van der Waals surface area contributed by atoms with Crippen LogP contribution in [0, 0.1) is 5.82 Å². The van der Waals surface area contributed by atoms with Gasteiger partial charge in [0.25, 0.3) is 0 Å². The quantitative estimate of drug-likeness (QED) is 0.639. The SMILES string of the molecule is O=C(NN=Cc1ccccc1F)NC1CCCCC1. The van der Waals surface area contributed by atoms with E-state index in [0.717, 1.165) is 25.7 Å². The minimum absolute atomic E-state index is 0.234. The van der Waals surface area contributed by atoms with Crippen LogP contribution < -0.4 is 10.7 Å². The molecule has 2 N–H and O–H groups in total. The number of urea groups is 1. The van der Waals surface area contributed by atoms with Crippen molar-refractivity contribution in [3.63, 3.8) is 0 Å². The number of hydrazone groups is 1. The van der Waals surface area contributed by atoms with Crippen LogP contribution in [0.25, 0.3) is 0 Å². The smallest absolute Gasteiger partial charge is 0.334 e. The Kier molecular flexibility index (Phi) is 4.89. The molecule has 0 aliphatic heterocycles. The highest BCUT2D eigenvalue weighted by Crippen LogP contribution is 2.17. The standard InChI is InChI=1S/C14H18FN3O/c15-13-9-5-4-6-11(13)10-16-18-14(19)17-12-7-2-1-3-8-12/h4-6,9-10,12H,1-3,7-8H2,(H2,17,18,19). The van der Waals surface area contributed by atoms with E-state index < -0.39 is 0 Å². The predicted octanol–water partition coefficient (Wildman–Crippen LogP) is 2.79. The van der Waals surface area contributed by atoms with Crippen molar-refractivity contribution in [2.24, 2.45) is 5.10 Å². The number of benzene rings is 1. The second kappa shape index (κ2) is 6.87. The van der Waals surface area contributed by atoms with Gasteiger partial charge in [0.1, 0.15) is 5.82 Å². The van der Waals surface area contributed by atoms with Crippen LogP contribution in [0.1, 0.15) is 37.7 Å². The summed E-state index contributed by atoms with van der Waals surface area (Å²) in [5.74, 6) is -0.360. The molecule has 0 atom stereocenters. The van der Waals surface area contributed by atoms with Crippen molar-refractivity contribution in [3.8, 4) is 0 Å². The van der Waals surface area contributed by atoms with Gasteiger partial charge in [-0.15, -0.1) is 0 Å². The van der Waals surface area contributed by atoms with Crippen molar-refractivity contribution in [2.75, 3.05) is 0 Å². The predicted molar refractivity (Wildman–Crippen MR) is 72.5 cm³/mol. The van der Waals surface area contributed by atoms with Gasteiger partial charge >= 0.3 is 6.03 Å². The lowest BCUT2D eigenvalue weighted by Crippen LogP contribution is -2.41. The van der Waals surface area contributed by atoms with Crippen molar-refractivity contribution in [2.45, 2.75) is 38.1 Å². The fraction of sp³-hybridized carbons (Fsp3) is 0.429. The number of nitrogens with one attached hydrogen (secondary N) is 2. The summed E-state index contributed by atoms with van der Waals surface area (Å²) in [6.07, 6.45) is 6.89. The van der Waals surface area contributed by atoms with Crippen LogP contribution in [0.15, 0.2) is 29.4 Å². The molecule has 0 radical (unpaired) electrons. The number of hydrogen-bond donors (Lipinski definition) is 2. The molecule has 1 aliphatic rings. The van der Waals surface area contributed by atoms with E-state index in [1.165, 1.54) is 18.7 Å². The van der Waals surface area contributed by atoms with Gasteiger partial charge in [0.05, 0.1) is 6.21 Å². The monoisotopic (exact) mass is 263 g/mol. The van der Waals surface area contributed by atoms with Gasteiger partial charge in [-0.2, -0.15) is 5.10 Å². The van der Waals surface area contributed by atoms with E-state index in [1.54, 1.807) is 18.2 Å². The summed E-state index contributed by atoms with van der Waals surface area (Å²) in [5, 5.41) is 6.60. The van der Waals surface area contributed by atoms with E-state index in [0.29, 0.717) is 5.56 Å². The van der Waals surface area contributed by atoms with Crippen molar-refractivity contribution in [1.29, 1.82) is 0 Å². The van der Waals surface area contributed by atoms with Gasteiger partial charge in [0, 0.05) is 11.6 Å². The van der Waals surface area contributed by atoms with Crippen molar-refractivity contribution in [1.82, 2.24) is 10.7 Å². The normalized spacial score (nSPS) is 16.5. The first kappa shape index (κ1) is 13.5. The molecule has 0 bridgehead atoms. The van der Waals surface area contributed by atoms with E-state index >= 15 is 0 Å². The van der Waals surface area contributed by atoms with Crippen molar-refractivity contribution in [3.05, 3.63) is 35.6 Å². The van der Waals surface area contributed by atoms with Gasteiger partial charge in [-0.25, -0.2) is 14.6 Å². The van der Waals surface area contributed by atoms with Gasteiger partial charge in [-0.1, -0.05) is 37.5 Å². The number of halogens is 1. The Bertz CT molecular complexity index is 456. The van der Waals surface area contributed by atoms with Gasteiger partial charge < -0.3 is 5.32 Å². The van der Waals surface area contributed by atoms with Gasteiger partial charge in [-0.3, -0.25) is 0 Å². The molecule has 0 saturated heterocycles. The maximum absolute atomic E-state index is 13.3. The molecular formula is C14H18FN3O. The third kappa shape index (κ3) is 4.35.